The highest BCUT2D eigenvalue weighted by Crippen LogP contribution is 1.95. The first-order valence-corrected chi connectivity index (χ1v) is 11.0. The van der Waals surface area contributed by atoms with Crippen molar-refractivity contribution in [2.75, 3.05) is 0 Å². The van der Waals surface area contributed by atoms with Gasteiger partial charge >= 0.3 is 16.0 Å². The van der Waals surface area contributed by atoms with Gasteiger partial charge in [0.05, 0.1) is 0 Å². The second kappa shape index (κ2) is 16.4. The van der Waals surface area contributed by atoms with Crippen LogP contribution in [0.1, 0.15) is 32.6 Å². The van der Waals surface area contributed by atoms with E-state index in [4.69, 9.17) is 0 Å². The molecule has 0 amide bonds. The minimum Gasteiger partial charge on any atom is -0.280 e. The molecule has 1 radical (unpaired) electrons. The van der Waals surface area contributed by atoms with Gasteiger partial charge in [-0.05, 0) is 0 Å². The Kier molecular flexibility index (Phi) is 24.2. The van der Waals surface area contributed by atoms with E-state index in [1.54, 1.807) is 0 Å². The lowest BCUT2D eigenvalue weighted by Crippen LogP contribution is -1.66. The van der Waals surface area contributed by atoms with Crippen LogP contribution in [0.5, 0.6) is 0 Å². The summed E-state index contributed by atoms with van der Waals surface area (Å²) in [5.41, 5.74) is 0. The Labute approximate surface area is 80.6 Å². The van der Waals surface area contributed by atoms with Gasteiger partial charge in [0.25, 0.3) is 0 Å². The molecule has 0 unspecified atom stereocenters. The number of hydrogen-bond donors (Lipinski definition) is 0. The van der Waals surface area contributed by atoms with E-state index >= 15 is 0 Å². The van der Waals surface area contributed by atoms with Gasteiger partial charge in [-0.15, -0.1) is 0 Å². The first-order chi connectivity index (χ1) is 4.33. The third-order valence-corrected chi connectivity index (χ3v) is 0.854. The maximum atomic E-state index is 3.72. The van der Waals surface area contributed by atoms with Crippen LogP contribution < -0.4 is 0 Å². The number of rotatable bonds is 3. The van der Waals surface area contributed by atoms with Crippen molar-refractivity contribution in [1.29, 1.82) is 0 Å². The van der Waals surface area contributed by atoms with Gasteiger partial charge in [-0.1, -0.05) is 39.5 Å². The van der Waals surface area contributed by atoms with Gasteiger partial charge in [0.2, 0.25) is 0 Å². The average Bonchev–Trinajstić information content (AvgIpc) is 1.86. The van der Waals surface area contributed by atoms with Crippen molar-refractivity contribution in [2.24, 2.45) is 0 Å². The first-order valence-electron chi connectivity index (χ1n) is 3.24. The summed E-state index contributed by atoms with van der Waals surface area (Å²) in [6.45, 7) is 5.93. The molecule has 3 heteroatoms. The van der Waals surface area contributed by atoms with E-state index in [2.05, 4.69) is 39.6 Å². The number of hydrogen-bond acceptors (Lipinski definition) is 0. The normalized spacial score (nSPS) is 7.11. The molecular formula is C6H13Br2Mg. The minimum absolute atomic E-state index is 0.0417. The second-order valence-corrected chi connectivity index (χ2v) is 9.74. The summed E-state index contributed by atoms with van der Waals surface area (Å²) < 4.78 is 0. The van der Waals surface area contributed by atoms with Crippen molar-refractivity contribution in [3.8, 4) is 0 Å². The maximum Gasteiger partial charge on any atom is 0.560 e. The van der Waals surface area contributed by atoms with Crippen molar-refractivity contribution >= 4 is 41.8 Å². The Morgan fingerprint density at radius 3 is 1.89 bits per heavy atom. The van der Waals surface area contributed by atoms with Crippen LogP contribution in [0.25, 0.3) is 0 Å². The van der Waals surface area contributed by atoms with Crippen LogP contribution in [0, 0.1) is 6.92 Å². The van der Waals surface area contributed by atoms with Crippen LogP contribution in [-0.2, 0) is 0 Å². The van der Waals surface area contributed by atoms with Crippen LogP contribution in [-0.4, -0.2) is 16.0 Å². The van der Waals surface area contributed by atoms with E-state index < -0.39 is 0 Å². The highest BCUT2D eigenvalue weighted by Gasteiger charge is 1.75. The van der Waals surface area contributed by atoms with Gasteiger partial charge in [-0.2, -0.15) is 0 Å². The lowest BCUT2D eigenvalue weighted by atomic mass is 10.2. The molecule has 0 nitrogen and oxygen atoms in total. The summed E-state index contributed by atoms with van der Waals surface area (Å²) in [6.07, 6.45) is 5.07. The zero-order chi connectivity index (χ0) is 7.54. The highest BCUT2D eigenvalue weighted by molar-refractivity contribution is 9.47. The summed E-state index contributed by atoms with van der Waals surface area (Å²) >= 11 is 6.44. The molecule has 0 fully saturated rings. The molecule has 0 saturated heterocycles. The van der Waals surface area contributed by atoms with Crippen molar-refractivity contribution in [2.45, 2.75) is 32.6 Å². The quantitative estimate of drug-likeness (QED) is 0.541. The molecule has 9 heavy (non-hydrogen) atoms. The molecule has 53 valence electrons. The molecule has 0 saturated carbocycles. The molecule has 0 N–H and O–H groups in total. The summed E-state index contributed by atoms with van der Waals surface area (Å²) in [4.78, 5) is 0. The van der Waals surface area contributed by atoms with E-state index in [0.29, 0.717) is 0 Å². The van der Waals surface area contributed by atoms with Gasteiger partial charge < -0.3 is 0 Å². The van der Waals surface area contributed by atoms with Crippen LogP contribution in [0.15, 0.2) is 0 Å². The predicted molar refractivity (Wildman–Crippen MR) is 53.1 cm³/mol. The maximum absolute atomic E-state index is 3.72. The zero-order valence-corrected chi connectivity index (χ0v) is 10.6. The molecule has 0 aliphatic carbocycles. The van der Waals surface area contributed by atoms with Crippen LogP contribution in [0.4, 0.5) is 0 Å². The molecule has 0 aliphatic heterocycles. The molecule has 0 atom stereocenters. The van der Waals surface area contributed by atoms with E-state index in [-0.39, 0.29) is 16.0 Å². The van der Waals surface area contributed by atoms with Crippen LogP contribution in [0.2, 0.25) is 0 Å². The summed E-state index contributed by atoms with van der Waals surface area (Å²) in [5, 5.41) is 0. The van der Waals surface area contributed by atoms with E-state index in [1.807, 2.05) is 0 Å². The fourth-order valence-corrected chi connectivity index (χ4v) is 0.427. The molecule has 0 heterocycles. The van der Waals surface area contributed by atoms with Crippen molar-refractivity contribution in [3.63, 3.8) is 0 Å². The zero-order valence-electron chi connectivity index (χ0n) is 6.00. The molecule has 0 aromatic rings. The summed E-state index contributed by atoms with van der Waals surface area (Å²) in [7, 11) is 0. The minimum atomic E-state index is 0.0417. The monoisotopic (exact) mass is 267 g/mol. The Morgan fingerprint density at radius 1 is 1.33 bits per heavy atom. The van der Waals surface area contributed by atoms with Gasteiger partial charge in [-0.3, -0.25) is 25.8 Å². The lowest BCUT2D eigenvalue weighted by molar-refractivity contribution is 0.728. The average molecular weight is 269 g/mol. The molecule has 0 spiro atoms. The first kappa shape index (κ1) is 13.3. The Hall–Kier alpha value is 1.73. The molecule has 0 aromatic heterocycles. The standard InChI is InChI=1S/C6H13.2BrH.Mg/c1-3-5-6-4-2;;;/h1,3-6H2,2H3;2*1H;/q;;;+2/p-2. The third kappa shape index (κ3) is 26.0. The van der Waals surface area contributed by atoms with Crippen LogP contribution in [0.3, 0.4) is 0 Å². The second-order valence-electron chi connectivity index (χ2n) is 1.66. The van der Waals surface area contributed by atoms with E-state index in [0.717, 1.165) is 6.42 Å². The van der Waals surface area contributed by atoms with Crippen molar-refractivity contribution in [1.82, 2.24) is 0 Å². The van der Waals surface area contributed by atoms with E-state index in [9.17, 15) is 0 Å². The van der Waals surface area contributed by atoms with Crippen LogP contribution >= 0.6 is 25.8 Å². The molecule has 0 aliphatic rings. The molecule has 0 rings (SSSR count). The van der Waals surface area contributed by atoms with Gasteiger partial charge in [0.1, 0.15) is 0 Å². The largest absolute Gasteiger partial charge is 0.560 e. The molecule has 0 bridgehead atoms. The number of halogens is 2. The summed E-state index contributed by atoms with van der Waals surface area (Å²) in [5.74, 6) is 0. The predicted octanol–water partition coefficient (Wildman–Crippen LogP) is 3.71. The Bertz CT molecular complexity index is 30.2. The van der Waals surface area contributed by atoms with E-state index in [1.165, 1.54) is 19.3 Å². The lowest BCUT2D eigenvalue weighted by Gasteiger charge is -1.86. The van der Waals surface area contributed by atoms with Gasteiger partial charge in [0, 0.05) is 0 Å². The smallest absolute Gasteiger partial charge is 0.280 e. The number of unbranched alkanes of at least 4 members (excludes halogenated alkanes) is 3. The SMILES string of the molecule is [Br][Mg][Br].[CH2]CCCCC. The van der Waals surface area contributed by atoms with Crippen molar-refractivity contribution in [3.05, 3.63) is 6.92 Å². The topological polar surface area (TPSA) is 0 Å². The fourth-order valence-electron chi connectivity index (χ4n) is 0.427. The van der Waals surface area contributed by atoms with Gasteiger partial charge in [0.15, 0.2) is 0 Å². The molecule has 0 aromatic carbocycles. The van der Waals surface area contributed by atoms with Gasteiger partial charge in [-0.25, -0.2) is 0 Å². The molecular weight excluding hydrogens is 256 g/mol. The van der Waals surface area contributed by atoms with Crippen molar-refractivity contribution < 1.29 is 0 Å². The fraction of sp³-hybridized carbons (Fsp3) is 0.833. The summed E-state index contributed by atoms with van der Waals surface area (Å²) in [6, 6.07) is 0. The Morgan fingerprint density at radius 2 is 1.78 bits per heavy atom. The highest BCUT2D eigenvalue weighted by atomic mass is 79.9. The Balaban J connectivity index is 0. The third-order valence-electron chi connectivity index (χ3n) is 0.854.